The van der Waals surface area contributed by atoms with Gasteiger partial charge in [-0.05, 0) is 26.3 Å². The minimum Gasteiger partial charge on any atom is -0.394 e. The van der Waals surface area contributed by atoms with Crippen LogP contribution < -0.4 is 0 Å². The van der Waals surface area contributed by atoms with Crippen LogP contribution in [0.4, 0.5) is 0 Å². The van der Waals surface area contributed by atoms with Gasteiger partial charge in [0.05, 0.1) is 29.7 Å². The Hall–Kier alpha value is -0.910. The van der Waals surface area contributed by atoms with Gasteiger partial charge in [0, 0.05) is 26.7 Å². The molecule has 1 atom stereocenters. The molecular formula is C14H25N3O2. The number of aliphatic hydroxyl groups is 1. The SMILES string of the molecule is CCc1cc(CN2CC(CO)OC(C)(C)C2)n(C)n1. The fourth-order valence-corrected chi connectivity index (χ4v) is 2.75. The molecule has 0 aliphatic carbocycles. The van der Waals surface area contributed by atoms with Crippen molar-refractivity contribution in [2.24, 2.45) is 7.05 Å². The lowest BCUT2D eigenvalue weighted by atomic mass is 10.1. The average Bonchev–Trinajstić information content (AvgIpc) is 2.68. The van der Waals surface area contributed by atoms with Crippen molar-refractivity contribution in [3.63, 3.8) is 0 Å². The van der Waals surface area contributed by atoms with E-state index >= 15 is 0 Å². The van der Waals surface area contributed by atoms with Crippen LogP contribution in [0.1, 0.15) is 32.2 Å². The standard InChI is InChI=1S/C14H25N3O2/c1-5-11-6-12(16(4)15-11)7-17-8-13(9-18)19-14(2,3)10-17/h6,13,18H,5,7-10H2,1-4H3. The molecule has 1 aliphatic rings. The molecule has 2 rings (SSSR count). The largest absolute Gasteiger partial charge is 0.394 e. The molecule has 0 saturated carbocycles. The first-order chi connectivity index (χ1) is 8.93. The Balaban J connectivity index is 2.06. The highest BCUT2D eigenvalue weighted by Gasteiger charge is 2.33. The number of ether oxygens (including phenoxy) is 1. The van der Waals surface area contributed by atoms with E-state index in [1.807, 2.05) is 11.7 Å². The summed E-state index contributed by atoms with van der Waals surface area (Å²) in [6.45, 7) is 8.83. The first kappa shape index (κ1) is 14.5. The van der Waals surface area contributed by atoms with Crippen LogP contribution in [0.5, 0.6) is 0 Å². The summed E-state index contributed by atoms with van der Waals surface area (Å²) in [5.41, 5.74) is 2.13. The number of aryl methyl sites for hydroxylation is 2. The average molecular weight is 267 g/mol. The monoisotopic (exact) mass is 267 g/mol. The molecule has 1 aromatic rings. The zero-order valence-corrected chi connectivity index (χ0v) is 12.4. The van der Waals surface area contributed by atoms with Crippen LogP contribution in [0.15, 0.2) is 6.07 Å². The Bertz CT molecular complexity index is 428. The van der Waals surface area contributed by atoms with E-state index in [0.717, 1.165) is 31.7 Å². The second-order valence-electron chi connectivity index (χ2n) is 5.96. The molecule has 0 radical (unpaired) electrons. The number of aliphatic hydroxyl groups excluding tert-OH is 1. The summed E-state index contributed by atoms with van der Waals surface area (Å²) in [5.74, 6) is 0. The highest BCUT2D eigenvalue weighted by molar-refractivity contribution is 5.10. The van der Waals surface area contributed by atoms with Gasteiger partial charge < -0.3 is 9.84 Å². The predicted octanol–water partition coefficient (Wildman–Crippen LogP) is 0.954. The highest BCUT2D eigenvalue weighted by Crippen LogP contribution is 2.22. The second kappa shape index (κ2) is 5.61. The van der Waals surface area contributed by atoms with Gasteiger partial charge in [-0.15, -0.1) is 0 Å². The molecule has 1 fully saturated rings. The van der Waals surface area contributed by atoms with Gasteiger partial charge in [0.15, 0.2) is 0 Å². The third kappa shape index (κ3) is 3.55. The van der Waals surface area contributed by atoms with Crippen molar-refractivity contribution in [3.8, 4) is 0 Å². The van der Waals surface area contributed by atoms with Gasteiger partial charge in [-0.25, -0.2) is 0 Å². The molecule has 1 aliphatic heterocycles. The summed E-state index contributed by atoms with van der Waals surface area (Å²) in [5, 5.41) is 13.8. The van der Waals surface area contributed by atoms with Crippen molar-refractivity contribution in [3.05, 3.63) is 17.5 Å². The molecule has 0 amide bonds. The first-order valence-corrected chi connectivity index (χ1v) is 6.96. The Kier molecular flexibility index (Phi) is 4.28. The molecule has 1 unspecified atom stereocenters. The maximum atomic E-state index is 9.33. The van der Waals surface area contributed by atoms with E-state index in [-0.39, 0.29) is 18.3 Å². The maximum absolute atomic E-state index is 9.33. The molecule has 0 bridgehead atoms. The van der Waals surface area contributed by atoms with Gasteiger partial charge in [-0.2, -0.15) is 5.10 Å². The lowest BCUT2D eigenvalue weighted by Crippen LogP contribution is -2.53. The summed E-state index contributed by atoms with van der Waals surface area (Å²) in [6.07, 6.45) is 0.865. The summed E-state index contributed by atoms with van der Waals surface area (Å²) in [6, 6.07) is 2.16. The number of nitrogens with zero attached hydrogens (tertiary/aromatic N) is 3. The minimum atomic E-state index is -0.210. The summed E-state index contributed by atoms with van der Waals surface area (Å²) >= 11 is 0. The third-order valence-corrected chi connectivity index (χ3v) is 3.53. The van der Waals surface area contributed by atoms with E-state index in [9.17, 15) is 5.11 Å². The quantitative estimate of drug-likeness (QED) is 0.882. The van der Waals surface area contributed by atoms with E-state index in [0.29, 0.717) is 0 Å². The summed E-state index contributed by atoms with van der Waals surface area (Å²) in [7, 11) is 1.99. The molecule has 2 heterocycles. The fourth-order valence-electron chi connectivity index (χ4n) is 2.75. The van der Waals surface area contributed by atoms with Crippen LogP contribution in [0.3, 0.4) is 0 Å². The predicted molar refractivity (Wildman–Crippen MR) is 73.9 cm³/mol. The number of hydrogen-bond donors (Lipinski definition) is 1. The van der Waals surface area contributed by atoms with Crippen molar-refractivity contribution in [1.82, 2.24) is 14.7 Å². The van der Waals surface area contributed by atoms with Crippen LogP contribution >= 0.6 is 0 Å². The molecule has 1 N–H and O–H groups in total. The van der Waals surface area contributed by atoms with Crippen LogP contribution in [0.2, 0.25) is 0 Å². The Labute approximate surface area is 115 Å². The first-order valence-electron chi connectivity index (χ1n) is 6.96. The van der Waals surface area contributed by atoms with Crippen molar-refractivity contribution >= 4 is 0 Å². The second-order valence-corrected chi connectivity index (χ2v) is 5.96. The van der Waals surface area contributed by atoms with Gasteiger partial charge in [0.2, 0.25) is 0 Å². The molecule has 108 valence electrons. The Morgan fingerprint density at radius 2 is 2.26 bits per heavy atom. The molecular weight excluding hydrogens is 242 g/mol. The van der Waals surface area contributed by atoms with Crippen molar-refractivity contribution in [1.29, 1.82) is 0 Å². The van der Waals surface area contributed by atoms with Gasteiger partial charge in [0.1, 0.15) is 0 Å². The number of hydrogen-bond acceptors (Lipinski definition) is 4. The van der Waals surface area contributed by atoms with Gasteiger partial charge in [-0.1, -0.05) is 6.92 Å². The molecule has 5 heteroatoms. The smallest absolute Gasteiger partial charge is 0.0940 e. The van der Waals surface area contributed by atoms with Gasteiger partial charge >= 0.3 is 0 Å². The van der Waals surface area contributed by atoms with Crippen molar-refractivity contribution in [2.75, 3.05) is 19.7 Å². The molecule has 5 nitrogen and oxygen atoms in total. The molecule has 0 spiro atoms. The molecule has 1 aromatic heterocycles. The van der Waals surface area contributed by atoms with Gasteiger partial charge in [0.25, 0.3) is 0 Å². The zero-order valence-electron chi connectivity index (χ0n) is 12.4. The molecule has 0 aromatic carbocycles. The van der Waals surface area contributed by atoms with Crippen LogP contribution in [-0.4, -0.2) is 51.2 Å². The van der Waals surface area contributed by atoms with Crippen molar-refractivity contribution < 1.29 is 9.84 Å². The molecule has 19 heavy (non-hydrogen) atoms. The number of aromatic nitrogens is 2. The highest BCUT2D eigenvalue weighted by atomic mass is 16.5. The number of morpholine rings is 1. The van der Waals surface area contributed by atoms with E-state index < -0.39 is 0 Å². The normalized spacial score (nSPS) is 23.7. The Morgan fingerprint density at radius 3 is 2.84 bits per heavy atom. The van der Waals surface area contributed by atoms with Crippen LogP contribution in [0.25, 0.3) is 0 Å². The van der Waals surface area contributed by atoms with Crippen LogP contribution in [-0.2, 0) is 24.8 Å². The lowest BCUT2D eigenvalue weighted by molar-refractivity contribution is -0.151. The topological polar surface area (TPSA) is 50.5 Å². The van der Waals surface area contributed by atoms with Gasteiger partial charge in [-0.3, -0.25) is 9.58 Å². The van der Waals surface area contributed by atoms with E-state index in [2.05, 4.69) is 36.8 Å². The van der Waals surface area contributed by atoms with Crippen LogP contribution in [0, 0.1) is 0 Å². The summed E-state index contributed by atoms with van der Waals surface area (Å²) in [4.78, 5) is 2.33. The Morgan fingerprint density at radius 1 is 1.53 bits per heavy atom. The van der Waals surface area contributed by atoms with Crippen molar-refractivity contribution in [2.45, 2.75) is 45.4 Å². The molecule has 1 saturated heterocycles. The summed E-state index contributed by atoms with van der Waals surface area (Å²) < 4.78 is 7.79. The zero-order chi connectivity index (χ0) is 14.0. The van der Waals surface area contributed by atoms with E-state index in [1.165, 1.54) is 5.69 Å². The minimum absolute atomic E-state index is 0.0749. The third-order valence-electron chi connectivity index (χ3n) is 3.53. The van der Waals surface area contributed by atoms with E-state index in [4.69, 9.17) is 4.74 Å². The fraction of sp³-hybridized carbons (Fsp3) is 0.786. The number of rotatable bonds is 4. The maximum Gasteiger partial charge on any atom is 0.0940 e. The van der Waals surface area contributed by atoms with E-state index in [1.54, 1.807) is 0 Å². The lowest BCUT2D eigenvalue weighted by Gasteiger charge is -2.42.